The molecule has 0 amide bonds. The molecule has 0 fully saturated rings. The van der Waals surface area contributed by atoms with Gasteiger partial charge in [0.2, 0.25) is 0 Å². The standard InChI is InChI=1S/C14H19NOS/c1-4-11(2)9-17-10-13-7-12(8-15)5-6-14(13)16-3/h5-7,11H,4,9-10H2,1-3H3. The summed E-state index contributed by atoms with van der Waals surface area (Å²) in [5.74, 6) is 3.67. The lowest BCUT2D eigenvalue weighted by Gasteiger charge is -2.10. The van der Waals surface area contributed by atoms with Crippen LogP contribution in [0.15, 0.2) is 18.2 Å². The van der Waals surface area contributed by atoms with Crippen molar-refractivity contribution in [2.75, 3.05) is 12.9 Å². The number of nitrogens with zero attached hydrogens (tertiary/aromatic N) is 1. The van der Waals surface area contributed by atoms with Crippen LogP contribution in [-0.2, 0) is 5.75 Å². The lowest BCUT2D eigenvalue weighted by Crippen LogP contribution is -1.97. The predicted molar refractivity (Wildman–Crippen MR) is 73.3 cm³/mol. The molecule has 0 saturated heterocycles. The molecule has 92 valence electrons. The second kappa shape index (κ2) is 7.24. The second-order valence-corrected chi connectivity index (χ2v) is 5.20. The first-order valence-electron chi connectivity index (χ1n) is 5.86. The summed E-state index contributed by atoms with van der Waals surface area (Å²) in [6.45, 7) is 4.47. The average molecular weight is 249 g/mol. The van der Waals surface area contributed by atoms with Crippen LogP contribution < -0.4 is 4.74 Å². The maximum Gasteiger partial charge on any atom is 0.122 e. The molecular weight excluding hydrogens is 230 g/mol. The SMILES string of the molecule is CCC(C)CSCc1cc(C#N)ccc1OC. The minimum absolute atomic E-state index is 0.699. The smallest absolute Gasteiger partial charge is 0.122 e. The van der Waals surface area contributed by atoms with Crippen LogP contribution in [0.3, 0.4) is 0 Å². The predicted octanol–water partition coefficient (Wildman–Crippen LogP) is 3.85. The number of methoxy groups -OCH3 is 1. The molecule has 1 aromatic carbocycles. The molecule has 0 aliphatic heterocycles. The Hall–Kier alpha value is -1.14. The van der Waals surface area contributed by atoms with Crippen molar-refractivity contribution in [3.8, 4) is 11.8 Å². The summed E-state index contributed by atoms with van der Waals surface area (Å²) in [5.41, 5.74) is 1.81. The van der Waals surface area contributed by atoms with Gasteiger partial charge in [-0.15, -0.1) is 0 Å². The zero-order chi connectivity index (χ0) is 12.7. The molecule has 3 heteroatoms. The van der Waals surface area contributed by atoms with Crippen LogP contribution >= 0.6 is 11.8 Å². The van der Waals surface area contributed by atoms with Gasteiger partial charge >= 0.3 is 0 Å². The molecule has 1 rings (SSSR count). The van der Waals surface area contributed by atoms with E-state index in [4.69, 9.17) is 10.00 Å². The van der Waals surface area contributed by atoms with Crippen molar-refractivity contribution in [3.05, 3.63) is 29.3 Å². The molecule has 0 radical (unpaired) electrons. The van der Waals surface area contributed by atoms with Crippen molar-refractivity contribution in [1.29, 1.82) is 5.26 Å². The molecule has 0 heterocycles. The zero-order valence-corrected chi connectivity index (χ0v) is 11.5. The first-order chi connectivity index (χ1) is 8.21. The third-order valence-corrected chi connectivity index (χ3v) is 4.09. The third kappa shape index (κ3) is 4.32. The lowest BCUT2D eigenvalue weighted by molar-refractivity contribution is 0.411. The van der Waals surface area contributed by atoms with Gasteiger partial charge in [-0.25, -0.2) is 0 Å². The Balaban J connectivity index is 2.65. The van der Waals surface area contributed by atoms with Gasteiger partial charge in [0.05, 0.1) is 18.7 Å². The number of rotatable bonds is 6. The Kier molecular flexibility index (Phi) is 5.93. The minimum atomic E-state index is 0.699. The first-order valence-corrected chi connectivity index (χ1v) is 7.01. The molecule has 0 aliphatic carbocycles. The van der Waals surface area contributed by atoms with E-state index in [1.807, 2.05) is 23.9 Å². The van der Waals surface area contributed by atoms with E-state index < -0.39 is 0 Å². The van der Waals surface area contributed by atoms with Crippen molar-refractivity contribution in [2.45, 2.75) is 26.0 Å². The molecule has 17 heavy (non-hydrogen) atoms. The van der Waals surface area contributed by atoms with Crippen molar-refractivity contribution in [3.63, 3.8) is 0 Å². The van der Waals surface area contributed by atoms with E-state index in [9.17, 15) is 0 Å². The average Bonchev–Trinajstić information content (AvgIpc) is 2.38. The van der Waals surface area contributed by atoms with E-state index in [1.54, 1.807) is 13.2 Å². The number of hydrogen-bond donors (Lipinski definition) is 0. The maximum atomic E-state index is 8.88. The largest absolute Gasteiger partial charge is 0.496 e. The highest BCUT2D eigenvalue weighted by Crippen LogP contribution is 2.25. The highest BCUT2D eigenvalue weighted by molar-refractivity contribution is 7.98. The third-order valence-electron chi connectivity index (χ3n) is 2.77. The number of nitriles is 1. The highest BCUT2D eigenvalue weighted by Gasteiger charge is 2.06. The van der Waals surface area contributed by atoms with Crippen LogP contribution in [-0.4, -0.2) is 12.9 Å². The van der Waals surface area contributed by atoms with Crippen LogP contribution in [0.1, 0.15) is 31.4 Å². The van der Waals surface area contributed by atoms with Crippen LogP contribution in [0.2, 0.25) is 0 Å². The first kappa shape index (κ1) is 13.9. The van der Waals surface area contributed by atoms with Crippen LogP contribution in [0.4, 0.5) is 0 Å². The van der Waals surface area contributed by atoms with Gasteiger partial charge in [0.25, 0.3) is 0 Å². The molecule has 0 aliphatic rings. The summed E-state index contributed by atoms with van der Waals surface area (Å²) in [6, 6.07) is 7.75. The van der Waals surface area contributed by atoms with Gasteiger partial charge in [0.1, 0.15) is 5.75 Å². The normalized spacial score (nSPS) is 11.9. The van der Waals surface area contributed by atoms with E-state index in [1.165, 1.54) is 6.42 Å². The van der Waals surface area contributed by atoms with Crippen LogP contribution in [0, 0.1) is 17.2 Å². The molecule has 1 atom stereocenters. The Morgan fingerprint density at radius 3 is 2.82 bits per heavy atom. The molecule has 0 saturated carbocycles. The van der Waals surface area contributed by atoms with Crippen molar-refractivity contribution in [2.24, 2.45) is 5.92 Å². The van der Waals surface area contributed by atoms with Crippen molar-refractivity contribution < 1.29 is 4.74 Å². The Morgan fingerprint density at radius 1 is 1.47 bits per heavy atom. The zero-order valence-electron chi connectivity index (χ0n) is 10.7. The lowest BCUT2D eigenvalue weighted by atomic mass is 10.1. The molecule has 0 bridgehead atoms. The van der Waals surface area contributed by atoms with E-state index in [-0.39, 0.29) is 0 Å². The van der Waals surface area contributed by atoms with Gasteiger partial charge < -0.3 is 4.74 Å². The fourth-order valence-corrected chi connectivity index (χ4v) is 2.65. The molecule has 1 aromatic rings. The summed E-state index contributed by atoms with van der Waals surface area (Å²) < 4.78 is 5.31. The molecule has 0 aromatic heterocycles. The summed E-state index contributed by atoms with van der Waals surface area (Å²) in [6.07, 6.45) is 1.21. The quantitative estimate of drug-likeness (QED) is 0.767. The monoisotopic (exact) mass is 249 g/mol. The number of hydrogen-bond acceptors (Lipinski definition) is 3. The van der Waals surface area contributed by atoms with Crippen molar-refractivity contribution >= 4 is 11.8 Å². The van der Waals surface area contributed by atoms with E-state index in [0.29, 0.717) is 5.56 Å². The van der Waals surface area contributed by atoms with Gasteiger partial charge in [0.15, 0.2) is 0 Å². The number of benzene rings is 1. The topological polar surface area (TPSA) is 33.0 Å². The molecule has 0 spiro atoms. The van der Waals surface area contributed by atoms with Gasteiger partial charge in [-0.2, -0.15) is 17.0 Å². The highest BCUT2D eigenvalue weighted by atomic mass is 32.2. The fraction of sp³-hybridized carbons (Fsp3) is 0.500. The Labute approximate surface area is 108 Å². The molecular formula is C14H19NOS. The molecule has 1 unspecified atom stereocenters. The van der Waals surface area contributed by atoms with E-state index in [2.05, 4.69) is 19.9 Å². The van der Waals surface area contributed by atoms with Gasteiger partial charge in [-0.1, -0.05) is 20.3 Å². The van der Waals surface area contributed by atoms with E-state index in [0.717, 1.165) is 28.7 Å². The van der Waals surface area contributed by atoms with Gasteiger partial charge in [-0.3, -0.25) is 0 Å². The maximum absolute atomic E-state index is 8.88. The summed E-state index contributed by atoms with van der Waals surface area (Å²) in [4.78, 5) is 0. The molecule has 2 nitrogen and oxygen atoms in total. The minimum Gasteiger partial charge on any atom is -0.496 e. The Bertz CT molecular complexity index is 398. The summed E-state index contributed by atoms with van der Waals surface area (Å²) in [7, 11) is 1.67. The summed E-state index contributed by atoms with van der Waals surface area (Å²) in [5, 5.41) is 8.88. The Morgan fingerprint density at radius 2 is 2.24 bits per heavy atom. The van der Waals surface area contributed by atoms with Crippen LogP contribution in [0.5, 0.6) is 5.75 Å². The van der Waals surface area contributed by atoms with Gasteiger partial charge in [0, 0.05) is 11.3 Å². The van der Waals surface area contributed by atoms with Gasteiger partial charge in [-0.05, 0) is 29.9 Å². The van der Waals surface area contributed by atoms with E-state index >= 15 is 0 Å². The molecule has 0 N–H and O–H groups in total. The second-order valence-electron chi connectivity index (χ2n) is 4.17. The number of ether oxygens (including phenoxy) is 1. The number of thioether (sulfide) groups is 1. The van der Waals surface area contributed by atoms with Crippen molar-refractivity contribution in [1.82, 2.24) is 0 Å². The van der Waals surface area contributed by atoms with Crippen LogP contribution in [0.25, 0.3) is 0 Å². The fourth-order valence-electron chi connectivity index (χ4n) is 1.45. The summed E-state index contributed by atoms with van der Waals surface area (Å²) >= 11 is 1.90.